The Morgan fingerprint density at radius 1 is 1.08 bits per heavy atom. The van der Waals surface area contributed by atoms with Crippen LogP contribution in [0.5, 0.6) is 5.75 Å². The van der Waals surface area contributed by atoms with E-state index in [2.05, 4.69) is 35.3 Å². The van der Waals surface area contributed by atoms with Crippen LogP contribution in [-0.4, -0.2) is 79.1 Å². The summed E-state index contributed by atoms with van der Waals surface area (Å²) in [6, 6.07) is 16.2. The Morgan fingerprint density at radius 2 is 1.92 bits per heavy atom. The van der Waals surface area contributed by atoms with Crippen molar-refractivity contribution in [2.24, 2.45) is 0 Å². The van der Waals surface area contributed by atoms with Crippen LogP contribution in [0.1, 0.15) is 43.7 Å². The Bertz CT molecular complexity index is 1010. The SMILES string of the molecule is CCCN(CCCCN1CCN(C(=O)Nc2ccccc2)CC1=O)C1CCc2ccc(OC)cc2C1. The molecule has 1 heterocycles. The van der Waals surface area contributed by atoms with E-state index >= 15 is 0 Å². The van der Waals surface area contributed by atoms with Crippen molar-refractivity contribution in [1.82, 2.24) is 14.7 Å². The predicted octanol–water partition coefficient (Wildman–Crippen LogP) is 4.42. The summed E-state index contributed by atoms with van der Waals surface area (Å²) in [6.07, 6.45) is 6.61. The minimum Gasteiger partial charge on any atom is -0.497 e. The van der Waals surface area contributed by atoms with Gasteiger partial charge in [-0.15, -0.1) is 0 Å². The van der Waals surface area contributed by atoms with Crippen LogP contribution in [0, 0.1) is 0 Å². The number of anilines is 1. The summed E-state index contributed by atoms with van der Waals surface area (Å²) in [6.45, 7) is 6.49. The number of nitrogens with zero attached hydrogens (tertiary/aromatic N) is 3. The molecular formula is C29H40N4O3. The fourth-order valence-corrected chi connectivity index (χ4v) is 5.38. The molecule has 0 aromatic heterocycles. The molecule has 1 unspecified atom stereocenters. The fourth-order valence-electron chi connectivity index (χ4n) is 5.38. The van der Waals surface area contributed by atoms with Gasteiger partial charge in [0.15, 0.2) is 0 Å². The monoisotopic (exact) mass is 492 g/mol. The lowest BCUT2D eigenvalue weighted by Crippen LogP contribution is -2.53. The molecule has 7 heteroatoms. The van der Waals surface area contributed by atoms with Crippen LogP contribution in [0.3, 0.4) is 0 Å². The Morgan fingerprint density at radius 3 is 2.67 bits per heavy atom. The second kappa shape index (κ2) is 12.8. The Hall–Kier alpha value is -3.06. The van der Waals surface area contributed by atoms with Crippen LogP contribution < -0.4 is 10.1 Å². The minimum atomic E-state index is -0.212. The Labute approximate surface area is 215 Å². The predicted molar refractivity (Wildman–Crippen MR) is 144 cm³/mol. The van der Waals surface area contributed by atoms with Gasteiger partial charge in [-0.05, 0) is 87.0 Å². The lowest BCUT2D eigenvalue weighted by molar-refractivity contribution is -0.134. The Balaban J connectivity index is 1.20. The number of piperazine rings is 1. The van der Waals surface area contributed by atoms with Gasteiger partial charge >= 0.3 is 6.03 Å². The average molecular weight is 493 g/mol. The summed E-state index contributed by atoms with van der Waals surface area (Å²) in [5, 5.41) is 2.87. The first kappa shape index (κ1) is 26.0. The number of para-hydroxylation sites is 1. The second-order valence-electron chi connectivity index (χ2n) is 9.87. The maximum atomic E-state index is 12.7. The highest BCUT2D eigenvalue weighted by atomic mass is 16.5. The molecule has 3 amide bonds. The van der Waals surface area contributed by atoms with E-state index in [1.54, 1.807) is 12.0 Å². The van der Waals surface area contributed by atoms with Crippen molar-refractivity contribution < 1.29 is 14.3 Å². The quantitative estimate of drug-likeness (QED) is 0.499. The third kappa shape index (κ3) is 6.78. The maximum absolute atomic E-state index is 12.7. The number of benzene rings is 2. The van der Waals surface area contributed by atoms with Crippen molar-refractivity contribution in [3.63, 3.8) is 0 Å². The number of rotatable bonds is 10. The van der Waals surface area contributed by atoms with Crippen molar-refractivity contribution in [2.45, 2.75) is 51.5 Å². The fraction of sp³-hybridized carbons (Fsp3) is 0.517. The molecule has 1 aliphatic heterocycles. The summed E-state index contributed by atoms with van der Waals surface area (Å²) in [5.74, 6) is 0.978. The van der Waals surface area contributed by atoms with Gasteiger partial charge in [-0.25, -0.2) is 4.79 Å². The number of aryl methyl sites for hydroxylation is 1. The van der Waals surface area contributed by atoms with Crippen LogP contribution in [0.25, 0.3) is 0 Å². The number of amides is 3. The highest BCUT2D eigenvalue weighted by molar-refractivity contribution is 5.93. The first-order chi connectivity index (χ1) is 17.6. The molecule has 1 aliphatic carbocycles. The highest BCUT2D eigenvalue weighted by Gasteiger charge is 2.27. The summed E-state index contributed by atoms with van der Waals surface area (Å²) < 4.78 is 5.44. The van der Waals surface area contributed by atoms with Crippen molar-refractivity contribution >= 4 is 17.6 Å². The number of methoxy groups -OCH3 is 1. The van der Waals surface area contributed by atoms with Crippen molar-refractivity contribution in [3.05, 3.63) is 59.7 Å². The average Bonchev–Trinajstić information content (AvgIpc) is 2.91. The number of carbonyl (C=O) groups excluding carboxylic acids is 2. The minimum absolute atomic E-state index is 0.0349. The van der Waals surface area contributed by atoms with E-state index in [9.17, 15) is 9.59 Å². The van der Waals surface area contributed by atoms with Crippen LogP contribution in [0.15, 0.2) is 48.5 Å². The lowest BCUT2D eigenvalue weighted by Gasteiger charge is -2.36. The number of hydrogen-bond donors (Lipinski definition) is 1. The van der Waals surface area contributed by atoms with E-state index in [4.69, 9.17) is 4.74 Å². The molecule has 0 radical (unpaired) electrons. The zero-order valence-electron chi connectivity index (χ0n) is 21.7. The van der Waals surface area contributed by atoms with E-state index in [0.717, 1.165) is 63.2 Å². The molecule has 0 saturated carbocycles. The molecule has 194 valence electrons. The molecule has 1 fully saturated rings. The molecule has 1 saturated heterocycles. The molecule has 36 heavy (non-hydrogen) atoms. The van der Waals surface area contributed by atoms with Gasteiger partial charge in [-0.3, -0.25) is 4.79 Å². The van der Waals surface area contributed by atoms with Crippen LogP contribution in [0.4, 0.5) is 10.5 Å². The number of carbonyl (C=O) groups is 2. The second-order valence-corrected chi connectivity index (χ2v) is 9.87. The Kier molecular flexibility index (Phi) is 9.23. The van der Waals surface area contributed by atoms with E-state index < -0.39 is 0 Å². The molecule has 2 aromatic carbocycles. The number of hydrogen-bond acceptors (Lipinski definition) is 4. The van der Waals surface area contributed by atoms with Gasteiger partial charge in [0.1, 0.15) is 12.3 Å². The lowest BCUT2D eigenvalue weighted by atomic mass is 9.87. The molecule has 0 spiro atoms. The van der Waals surface area contributed by atoms with Crippen molar-refractivity contribution in [3.8, 4) is 5.75 Å². The van der Waals surface area contributed by atoms with Crippen molar-refractivity contribution in [1.29, 1.82) is 0 Å². The van der Waals surface area contributed by atoms with E-state index in [1.165, 1.54) is 17.5 Å². The van der Waals surface area contributed by atoms with Gasteiger partial charge in [-0.2, -0.15) is 0 Å². The largest absolute Gasteiger partial charge is 0.497 e. The molecule has 2 aromatic rings. The van der Waals surface area contributed by atoms with Gasteiger partial charge in [0.25, 0.3) is 0 Å². The number of ether oxygens (including phenoxy) is 1. The normalized spacial score (nSPS) is 17.8. The molecule has 1 atom stereocenters. The van der Waals surface area contributed by atoms with Gasteiger partial charge in [0.05, 0.1) is 7.11 Å². The standard InChI is InChI=1S/C29H40N4O3/c1-3-15-31(26-13-11-23-12-14-27(36-2)21-24(23)20-26)16-7-8-17-32-18-19-33(22-28(32)34)29(35)30-25-9-5-4-6-10-25/h4-6,9-10,12,14,21,26H,3,7-8,11,13,15-20,22H2,1-2H3,(H,30,35). The van der Waals surface area contributed by atoms with Gasteiger partial charge in [0.2, 0.25) is 5.91 Å². The zero-order chi connectivity index (χ0) is 25.3. The van der Waals surface area contributed by atoms with Crippen LogP contribution in [0.2, 0.25) is 0 Å². The molecule has 1 N–H and O–H groups in total. The third-order valence-electron chi connectivity index (χ3n) is 7.40. The number of unbranched alkanes of at least 4 members (excludes halogenated alkanes) is 1. The van der Waals surface area contributed by atoms with Gasteiger partial charge in [0, 0.05) is 31.4 Å². The topological polar surface area (TPSA) is 65.1 Å². The smallest absolute Gasteiger partial charge is 0.322 e. The molecular weight excluding hydrogens is 452 g/mol. The van der Waals surface area contributed by atoms with E-state index in [-0.39, 0.29) is 18.5 Å². The summed E-state index contributed by atoms with van der Waals surface area (Å²) in [5.41, 5.74) is 3.62. The summed E-state index contributed by atoms with van der Waals surface area (Å²) in [7, 11) is 1.73. The van der Waals surface area contributed by atoms with Crippen molar-refractivity contribution in [2.75, 3.05) is 51.7 Å². The van der Waals surface area contributed by atoms with Gasteiger partial charge in [-0.1, -0.05) is 31.2 Å². The number of nitrogens with one attached hydrogen (secondary N) is 1. The molecule has 0 bridgehead atoms. The maximum Gasteiger partial charge on any atom is 0.322 e. The van der Waals surface area contributed by atoms with Gasteiger partial charge < -0.3 is 24.8 Å². The van der Waals surface area contributed by atoms with Crippen LogP contribution >= 0.6 is 0 Å². The first-order valence-electron chi connectivity index (χ1n) is 13.4. The third-order valence-corrected chi connectivity index (χ3v) is 7.40. The number of fused-ring (bicyclic) bond motifs is 1. The highest BCUT2D eigenvalue weighted by Crippen LogP contribution is 2.28. The van der Waals surface area contributed by atoms with E-state index in [1.807, 2.05) is 35.2 Å². The number of urea groups is 1. The summed E-state index contributed by atoms with van der Waals surface area (Å²) in [4.78, 5) is 31.4. The van der Waals surface area contributed by atoms with Crippen LogP contribution in [-0.2, 0) is 17.6 Å². The summed E-state index contributed by atoms with van der Waals surface area (Å²) >= 11 is 0. The first-order valence-corrected chi connectivity index (χ1v) is 13.4. The molecule has 7 nitrogen and oxygen atoms in total. The van der Waals surface area contributed by atoms with E-state index in [0.29, 0.717) is 19.1 Å². The molecule has 4 rings (SSSR count). The zero-order valence-corrected chi connectivity index (χ0v) is 21.7. The molecule has 2 aliphatic rings.